The summed E-state index contributed by atoms with van der Waals surface area (Å²) in [6.07, 6.45) is -0.226. The maximum Gasteiger partial charge on any atom is 0.326 e. The second-order valence-electron chi connectivity index (χ2n) is 7.11. The van der Waals surface area contributed by atoms with Gasteiger partial charge in [-0.3, -0.25) is 24.0 Å². The zero-order valence-electron chi connectivity index (χ0n) is 16.6. The van der Waals surface area contributed by atoms with Gasteiger partial charge in [0.15, 0.2) is 0 Å². The van der Waals surface area contributed by atoms with E-state index in [1.807, 2.05) is 0 Å². The number of carboxylic acid groups (broad SMARTS) is 1. The molecule has 13 heteroatoms. The molecule has 1 saturated heterocycles. The molecule has 4 atom stereocenters. The van der Waals surface area contributed by atoms with Crippen molar-refractivity contribution in [2.45, 2.75) is 63.2 Å². The maximum atomic E-state index is 12.9. The number of nitrogens with two attached hydrogens (primary N) is 3. The smallest absolute Gasteiger partial charge is 0.326 e. The van der Waals surface area contributed by atoms with E-state index >= 15 is 0 Å². The van der Waals surface area contributed by atoms with Gasteiger partial charge in [-0.05, 0) is 26.2 Å². The van der Waals surface area contributed by atoms with Crippen LogP contribution in [0.4, 0.5) is 0 Å². The van der Waals surface area contributed by atoms with Crippen molar-refractivity contribution in [3.8, 4) is 0 Å². The molecule has 4 unspecified atom stereocenters. The predicted molar refractivity (Wildman–Crippen MR) is 102 cm³/mol. The number of aliphatic carboxylic acids is 1. The summed E-state index contributed by atoms with van der Waals surface area (Å²) in [6, 6.07) is -4.61. The van der Waals surface area contributed by atoms with E-state index in [0.29, 0.717) is 6.42 Å². The van der Waals surface area contributed by atoms with Gasteiger partial charge < -0.3 is 37.8 Å². The van der Waals surface area contributed by atoms with Crippen molar-refractivity contribution >= 4 is 35.5 Å². The average Bonchev–Trinajstić information content (AvgIpc) is 3.12. The molecule has 168 valence electrons. The van der Waals surface area contributed by atoms with Crippen LogP contribution in [-0.2, 0) is 28.8 Å². The van der Waals surface area contributed by atoms with Crippen molar-refractivity contribution in [1.29, 1.82) is 0 Å². The third-order valence-electron chi connectivity index (χ3n) is 4.57. The van der Waals surface area contributed by atoms with Crippen LogP contribution in [-0.4, -0.2) is 76.2 Å². The SMILES string of the molecule is CC(N)C(=O)NC(CC(N)=O)C(=O)N1CCCC1C(=O)NC(CCC(N)=O)C(=O)O. The molecule has 5 amide bonds. The number of amides is 5. The molecule has 1 rings (SSSR count). The van der Waals surface area contributed by atoms with Gasteiger partial charge in [0.05, 0.1) is 12.5 Å². The summed E-state index contributed by atoms with van der Waals surface area (Å²) >= 11 is 0. The van der Waals surface area contributed by atoms with Crippen LogP contribution in [0.5, 0.6) is 0 Å². The zero-order valence-corrected chi connectivity index (χ0v) is 16.6. The van der Waals surface area contributed by atoms with Crippen LogP contribution in [0.2, 0.25) is 0 Å². The number of nitrogens with zero attached hydrogens (tertiary/aromatic N) is 1. The molecule has 13 nitrogen and oxygen atoms in total. The summed E-state index contributed by atoms with van der Waals surface area (Å²) in [4.78, 5) is 72.1. The number of primary amides is 2. The highest BCUT2D eigenvalue weighted by molar-refractivity contribution is 5.96. The van der Waals surface area contributed by atoms with Crippen LogP contribution < -0.4 is 27.8 Å². The van der Waals surface area contributed by atoms with Gasteiger partial charge in [-0.25, -0.2) is 4.79 Å². The van der Waals surface area contributed by atoms with Crippen LogP contribution in [0.3, 0.4) is 0 Å². The Bertz CT molecular complexity index is 711. The highest BCUT2D eigenvalue weighted by Gasteiger charge is 2.39. The number of hydrogen-bond acceptors (Lipinski definition) is 7. The molecular formula is C17H28N6O7. The van der Waals surface area contributed by atoms with Crippen LogP contribution in [0.1, 0.15) is 39.0 Å². The van der Waals surface area contributed by atoms with E-state index < -0.39 is 66.1 Å². The molecule has 0 aromatic carbocycles. The predicted octanol–water partition coefficient (Wildman–Crippen LogP) is -3.48. The van der Waals surface area contributed by atoms with Crippen LogP contribution in [0.25, 0.3) is 0 Å². The standard InChI is InChI=1S/C17H28N6O7/c1-8(18)14(26)22-10(7-13(20)25)16(28)23-6-2-3-11(23)15(27)21-9(17(29)30)4-5-12(19)24/h8-11H,2-7,18H2,1H3,(H2,19,24)(H2,20,25)(H,21,27)(H,22,26)(H,29,30). The second kappa shape index (κ2) is 11.1. The lowest BCUT2D eigenvalue weighted by Crippen LogP contribution is -2.57. The molecule has 1 aliphatic heterocycles. The summed E-state index contributed by atoms with van der Waals surface area (Å²) in [5.74, 6) is -5.01. The lowest BCUT2D eigenvalue weighted by atomic mass is 10.1. The van der Waals surface area contributed by atoms with E-state index in [1.54, 1.807) is 0 Å². The minimum Gasteiger partial charge on any atom is -0.480 e. The molecule has 30 heavy (non-hydrogen) atoms. The lowest BCUT2D eigenvalue weighted by Gasteiger charge is -2.29. The number of carbonyl (C=O) groups is 6. The van der Waals surface area contributed by atoms with E-state index in [-0.39, 0.29) is 25.8 Å². The fourth-order valence-electron chi connectivity index (χ4n) is 3.02. The first-order valence-electron chi connectivity index (χ1n) is 9.40. The molecule has 9 N–H and O–H groups in total. The van der Waals surface area contributed by atoms with E-state index in [4.69, 9.17) is 17.2 Å². The van der Waals surface area contributed by atoms with Crippen molar-refractivity contribution in [3.63, 3.8) is 0 Å². The topological polar surface area (TPSA) is 228 Å². The molecule has 1 fully saturated rings. The van der Waals surface area contributed by atoms with Crippen molar-refractivity contribution in [2.24, 2.45) is 17.2 Å². The zero-order chi connectivity index (χ0) is 23.0. The Kier molecular flexibility index (Phi) is 9.17. The monoisotopic (exact) mass is 428 g/mol. The first-order chi connectivity index (χ1) is 13.9. The maximum absolute atomic E-state index is 12.9. The van der Waals surface area contributed by atoms with E-state index in [0.717, 1.165) is 4.90 Å². The van der Waals surface area contributed by atoms with Gasteiger partial charge in [0, 0.05) is 13.0 Å². The number of nitrogens with one attached hydrogen (secondary N) is 2. The molecule has 0 aromatic heterocycles. The van der Waals surface area contributed by atoms with Crippen molar-refractivity contribution in [1.82, 2.24) is 15.5 Å². The number of rotatable bonds is 11. The fourth-order valence-corrected chi connectivity index (χ4v) is 3.02. The molecule has 0 aromatic rings. The summed E-state index contributed by atoms with van der Waals surface area (Å²) in [7, 11) is 0. The van der Waals surface area contributed by atoms with E-state index in [2.05, 4.69) is 10.6 Å². The minimum absolute atomic E-state index is 0.166. The third kappa shape index (κ3) is 7.31. The molecular weight excluding hydrogens is 400 g/mol. The molecule has 0 saturated carbocycles. The van der Waals surface area contributed by atoms with Gasteiger partial charge in [0.25, 0.3) is 0 Å². The summed E-state index contributed by atoms with van der Waals surface area (Å²) < 4.78 is 0. The van der Waals surface area contributed by atoms with Crippen molar-refractivity contribution < 1.29 is 33.9 Å². The van der Waals surface area contributed by atoms with Gasteiger partial charge in [-0.1, -0.05) is 0 Å². The fraction of sp³-hybridized carbons (Fsp3) is 0.647. The van der Waals surface area contributed by atoms with E-state index in [9.17, 15) is 33.9 Å². The summed E-state index contributed by atoms with van der Waals surface area (Å²) in [6.45, 7) is 1.56. The van der Waals surface area contributed by atoms with Gasteiger partial charge in [0.2, 0.25) is 29.5 Å². The van der Waals surface area contributed by atoms with Gasteiger partial charge in [-0.15, -0.1) is 0 Å². The molecule has 1 aliphatic rings. The first kappa shape index (κ1) is 24.8. The van der Waals surface area contributed by atoms with Crippen LogP contribution >= 0.6 is 0 Å². The second-order valence-corrected chi connectivity index (χ2v) is 7.11. The molecule has 0 bridgehead atoms. The normalized spacial score (nSPS) is 18.7. The van der Waals surface area contributed by atoms with Crippen LogP contribution in [0.15, 0.2) is 0 Å². The van der Waals surface area contributed by atoms with Gasteiger partial charge in [0.1, 0.15) is 18.1 Å². The Morgan fingerprint density at radius 1 is 1.07 bits per heavy atom. The Labute approximate surface area is 172 Å². The lowest BCUT2D eigenvalue weighted by molar-refractivity contribution is -0.145. The Morgan fingerprint density at radius 3 is 2.20 bits per heavy atom. The average molecular weight is 428 g/mol. The Balaban J connectivity index is 2.92. The molecule has 0 radical (unpaired) electrons. The van der Waals surface area contributed by atoms with Crippen molar-refractivity contribution in [3.05, 3.63) is 0 Å². The number of carboxylic acids is 1. The highest BCUT2D eigenvalue weighted by atomic mass is 16.4. The number of likely N-dealkylation sites (tertiary alicyclic amines) is 1. The summed E-state index contributed by atoms with van der Waals surface area (Å²) in [5.41, 5.74) is 15.6. The van der Waals surface area contributed by atoms with Gasteiger partial charge >= 0.3 is 5.97 Å². The van der Waals surface area contributed by atoms with Gasteiger partial charge in [-0.2, -0.15) is 0 Å². The molecule has 0 spiro atoms. The number of hydrogen-bond donors (Lipinski definition) is 6. The largest absolute Gasteiger partial charge is 0.480 e. The Morgan fingerprint density at radius 2 is 1.70 bits per heavy atom. The van der Waals surface area contributed by atoms with Crippen LogP contribution in [0, 0.1) is 0 Å². The number of carbonyl (C=O) groups excluding carboxylic acids is 5. The van der Waals surface area contributed by atoms with E-state index in [1.165, 1.54) is 6.92 Å². The van der Waals surface area contributed by atoms with Crippen molar-refractivity contribution in [2.75, 3.05) is 6.54 Å². The molecule has 1 heterocycles. The Hall–Kier alpha value is -3.22. The quantitative estimate of drug-likeness (QED) is 0.193. The minimum atomic E-state index is -1.36. The molecule has 0 aliphatic carbocycles. The highest BCUT2D eigenvalue weighted by Crippen LogP contribution is 2.20. The first-order valence-corrected chi connectivity index (χ1v) is 9.40. The third-order valence-corrected chi connectivity index (χ3v) is 4.57. The summed E-state index contributed by atoms with van der Waals surface area (Å²) in [5, 5.41) is 13.9.